The second-order valence-electron chi connectivity index (χ2n) is 5.56. The van der Waals surface area contributed by atoms with Crippen molar-refractivity contribution in [3.8, 4) is 5.75 Å². The van der Waals surface area contributed by atoms with Crippen molar-refractivity contribution in [2.24, 2.45) is 0 Å². The summed E-state index contributed by atoms with van der Waals surface area (Å²) in [6.45, 7) is 0.591. The summed E-state index contributed by atoms with van der Waals surface area (Å²) in [6, 6.07) is 18.1. The molecule has 1 amide bonds. The van der Waals surface area contributed by atoms with Crippen molar-refractivity contribution in [3.63, 3.8) is 0 Å². The first-order chi connectivity index (χ1) is 12.7. The quantitative estimate of drug-likeness (QED) is 0.668. The fraction of sp³-hybridized carbons (Fsp3) is 0.100. The minimum absolute atomic E-state index is 0.210. The van der Waals surface area contributed by atoms with Crippen LogP contribution < -0.4 is 15.4 Å². The molecular weight excluding hydrogens is 350 g/mol. The number of para-hydroxylation sites is 1. The van der Waals surface area contributed by atoms with Crippen molar-refractivity contribution in [2.45, 2.75) is 6.54 Å². The van der Waals surface area contributed by atoms with Crippen molar-refractivity contribution < 1.29 is 9.53 Å². The molecule has 26 heavy (non-hydrogen) atoms. The highest BCUT2D eigenvalue weighted by atomic mass is 35.5. The minimum atomic E-state index is -0.210. The summed E-state index contributed by atoms with van der Waals surface area (Å²) in [7, 11) is 1.65. The molecule has 0 saturated heterocycles. The van der Waals surface area contributed by atoms with Gasteiger partial charge in [0.05, 0.1) is 19.0 Å². The summed E-state index contributed by atoms with van der Waals surface area (Å²) in [5.41, 5.74) is 2.19. The van der Waals surface area contributed by atoms with E-state index in [0.717, 1.165) is 11.3 Å². The molecule has 3 rings (SSSR count). The van der Waals surface area contributed by atoms with Gasteiger partial charge in [-0.25, -0.2) is 4.98 Å². The monoisotopic (exact) mass is 367 g/mol. The number of nitrogens with zero attached hydrogens (tertiary/aromatic N) is 1. The summed E-state index contributed by atoms with van der Waals surface area (Å²) in [6.07, 6.45) is 1.61. The Morgan fingerprint density at radius 1 is 1.08 bits per heavy atom. The van der Waals surface area contributed by atoms with E-state index in [0.29, 0.717) is 28.6 Å². The van der Waals surface area contributed by atoms with Crippen molar-refractivity contribution >= 4 is 29.0 Å². The fourth-order valence-electron chi connectivity index (χ4n) is 2.41. The number of methoxy groups -OCH3 is 1. The third-order valence-corrected chi connectivity index (χ3v) is 4.03. The Labute approximate surface area is 157 Å². The molecule has 3 aromatic rings. The van der Waals surface area contributed by atoms with Gasteiger partial charge < -0.3 is 15.4 Å². The molecule has 0 bridgehead atoms. The largest absolute Gasteiger partial charge is 0.496 e. The van der Waals surface area contributed by atoms with Gasteiger partial charge in [0.25, 0.3) is 5.91 Å². The van der Waals surface area contributed by atoms with Gasteiger partial charge in [-0.15, -0.1) is 0 Å². The highest BCUT2D eigenvalue weighted by molar-refractivity contribution is 6.30. The minimum Gasteiger partial charge on any atom is -0.496 e. The van der Waals surface area contributed by atoms with Crippen LogP contribution in [0.1, 0.15) is 15.9 Å². The maximum atomic E-state index is 12.2. The summed E-state index contributed by atoms with van der Waals surface area (Å²) >= 11 is 5.83. The van der Waals surface area contributed by atoms with Crippen LogP contribution in [0, 0.1) is 0 Å². The summed E-state index contributed by atoms with van der Waals surface area (Å²) in [5, 5.41) is 6.63. The molecule has 0 saturated carbocycles. The van der Waals surface area contributed by atoms with Gasteiger partial charge in [0.2, 0.25) is 0 Å². The Balaban J connectivity index is 1.59. The number of pyridine rings is 1. The Hall–Kier alpha value is -3.05. The van der Waals surface area contributed by atoms with Gasteiger partial charge in [0.15, 0.2) is 0 Å². The highest BCUT2D eigenvalue weighted by Crippen LogP contribution is 2.19. The number of nitrogens with one attached hydrogen (secondary N) is 2. The summed E-state index contributed by atoms with van der Waals surface area (Å²) in [4.78, 5) is 16.5. The van der Waals surface area contributed by atoms with Crippen molar-refractivity contribution in [3.05, 3.63) is 83.0 Å². The van der Waals surface area contributed by atoms with Crippen LogP contribution in [0.2, 0.25) is 5.02 Å². The zero-order valence-electron chi connectivity index (χ0n) is 14.2. The molecular formula is C20H18ClN3O2. The molecule has 6 heteroatoms. The van der Waals surface area contributed by atoms with E-state index in [1.54, 1.807) is 43.6 Å². The zero-order valence-corrected chi connectivity index (χ0v) is 15.0. The molecule has 0 aliphatic carbocycles. The zero-order chi connectivity index (χ0) is 18.4. The van der Waals surface area contributed by atoms with E-state index in [9.17, 15) is 4.79 Å². The maximum Gasteiger partial charge on any atom is 0.255 e. The first-order valence-electron chi connectivity index (χ1n) is 8.04. The number of anilines is 2. The van der Waals surface area contributed by atoms with Crippen LogP contribution in [-0.2, 0) is 6.54 Å². The number of amides is 1. The molecule has 0 spiro atoms. The average molecular weight is 368 g/mol. The van der Waals surface area contributed by atoms with Crippen LogP contribution >= 0.6 is 11.6 Å². The maximum absolute atomic E-state index is 12.2. The second-order valence-corrected chi connectivity index (χ2v) is 5.99. The Bertz CT molecular complexity index is 880. The SMILES string of the molecule is COc1ccccc1CNc1ccc(NC(=O)c2ccc(Cl)cc2)cn1. The number of carbonyl (C=O) groups excluding carboxylic acids is 1. The molecule has 0 aliphatic rings. The van der Waals surface area contributed by atoms with Crippen LogP contribution in [-0.4, -0.2) is 18.0 Å². The predicted molar refractivity (Wildman–Crippen MR) is 104 cm³/mol. The Morgan fingerprint density at radius 2 is 1.85 bits per heavy atom. The van der Waals surface area contributed by atoms with Gasteiger partial charge >= 0.3 is 0 Å². The number of benzene rings is 2. The third kappa shape index (κ3) is 4.52. The molecule has 0 radical (unpaired) electrons. The lowest BCUT2D eigenvalue weighted by atomic mass is 10.2. The van der Waals surface area contributed by atoms with E-state index >= 15 is 0 Å². The van der Waals surface area contributed by atoms with Crippen LogP contribution in [0.3, 0.4) is 0 Å². The number of halogens is 1. The number of ether oxygens (including phenoxy) is 1. The van der Waals surface area contributed by atoms with Crippen molar-refractivity contribution in [1.29, 1.82) is 0 Å². The van der Waals surface area contributed by atoms with E-state index < -0.39 is 0 Å². The number of rotatable bonds is 6. The number of carbonyl (C=O) groups is 1. The van der Waals surface area contributed by atoms with Gasteiger partial charge in [0.1, 0.15) is 11.6 Å². The number of hydrogen-bond acceptors (Lipinski definition) is 4. The van der Waals surface area contributed by atoms with E-state index in [2.05, 4.69) is 15.6 Å². The predicted octanol–water partition coefficient (Wildman–Crippen LogP) is 4.61. The first kappa shape index (κ1) is 17.8. The molecule has 1 heterocycles. The number of aromatic nitrogens is 1. The molecule has 0 unspecified atom stereocenters. The lowest BCUT2D eigenvalue weighted by Crippen LogP contribution is -2.12. The topological polar surface area (TPSA) is 63.2 Å². The Kier molecular flexibility index (Phi) is 5.71. The van der Waals surface area contributed by atoms with E-state index in [4.69, 9.17) is 16.3 Å². The summed E-state index contributed by atoms with van der Waals surface area (Å²) < 4.78 is 5.33. The van der Waals surface area contributed by atoms with Gasteiger partial charge in [-0.05, 0) is 42.5 Å². The van der Waals surface area contributed by atoms with Gasteiger partial charge in [-0.1, -0.05) is 29.8 Å². The van der Waals surface area contributed by atoms with E-state index in [-0.39, 0.29) is 5.91 Å². The molecule has 0 fully saturated rings. The molecule has 0 atom stereocenters. The fourth-order valence-corrected chi connectivity index (χ4v) is 2.54. The van der Waals surface area contributed by atoms with Crippen LogP contribution in [0.25, 0.3) is 0 Å². The lowest BCUT2D eigenvalue weighted by Gasteiger charge is -2.10. The first-order valence-corrected chi connectivity index (χ1v) is 8.42. The van der Waals surface area contributed by atoms with Crippen LogP contribution in [0.4, 0.5) is 11.5 Å². The molecule has 2 N–H and O–H groups in total. The van der Waals surface area contributed by atoms with Gasteiger partial charge in [-0.2, -0.15) is 0 Å². The Morgan fingerprint density at radius 3 is 2.54 bits per heavy atom. The molecule has 5 nitrogen and oxygen atoms in total. The van der Waals surface area contributed by atoms with Crippen molar-refractivity contribution in [1.82, 2.24) is 4.98 Å². The average Bonchev–Trinajstić information content (AvgIpc) is 2.68. The van der Waals surface area contributed by atoms with Gasteiger partial charge in [0, 0.05) is 22.7 Å². The summed E-state index contributed by atoms with van der Waals surface area (Å²) in [5.74, 6) is 1.32. The molecule has 0 aliphatic heterocycles. The smallest absolute Gasteiger partial charge is 0.255 e. The number of hydrogen-bond donors (Lipinski definition) is 2. The normalized spacial score (nSPS) is 10.2. The van der Waals surface area contributed by atoms with Crippen molar-refractivity contribution in [2.75, 3.05) is 17.7 Å². The van der Waals surface area contributed by atoms with Crippen LogP contribution in [0.15, 0.2) is 66.9 Å². The molecule has 2 aromatic carbocycles. The molecule has 1 aromatic heterocycles. The molecule has 132 valence electrons. The standard InChI is InChI=1S/C20H18ClN3O2/c1-26-18-5-3-2-4-15(18)12-22-19-11-10-17(13-23-19)24-20(25)14-6-8-16(21)9-7-14/h2-11,13H,12H2,1H3,(H,22,23)(H,24,25). The van der Waals surface area contributed by atoms with Gasteiger partial charge in [-0.3, -0.25) is 4.79 Å². The van der Waals surface area contributed by atoms with E-state index in [1.165, 1.54) is 0 Å². The second kappa shape index (κ2) is 8.36. The van der Waals surface area contributed by atoms with E-state index in [1.807, 2.05) is 30.3 Å². The highest BCUT2D eigenvalue weighted by Gasteiger charge is 2.07. The third-order valence-electron chi connectivity index (χ3n) is 3.78. The van der Waals surface area contributed by atoms with Crippen LogP contribution in [0.5, 0.6) is 5.75 Å². The lowest BCUT2D eigenvalue weighted by molar-refractivity contribution is 0.102.